The number of halogens is 2. The number of likely N-dealkylation sites (tertiary alicyclic amines) is 1. The molecule has 0 aliphatic carbocycles. The zero-order chi connectivity index (χ0) is 17.6. The number of hydrogen-bond donors (Lipinski definition) is 1. The number of nitrogens with one attached hydrogen (secondary N) is 1. The monoisotopic (exact) mass is 362 g/mol. The molecule has 0 radical (unpaired) electrons. The maximum absolute atomic E-state index is 13.2. The third kappa shape index (κ3) is 5.18. The first kappa shape index (κ1) is 17.7. The van der Waals surface area contributed by atoms with Gasteiger partial charge in [0.1, 0.15) is 5.82 Å². The molecule has 2 amide bonds. The summed E-state index contributed by atoms with van der Waals surface area (Å²) in [5.74, 6) is -0.271. The van der Waals surface area contributed by atoms with Gasteiger partial charge in [-0.2, -0.15) is 0 Å². The van der Waals surface area contributed by atoms with Crippen molar-refractivity contribution in [3.05, 3.63) is 64.9 Å². The van der Waals surface area contributed by atoms with Gasteiger partial charge in [-0.15, -0.1) is 0 Å². The highest BCUT2D eigenvalue weighted by Gasteiger charge is 2.24. The minimum atomic E-state index is -0.271. The Morgan fingerprint density at radius 1 is 1.28 bits per heavy atom. The normalized spacial score (nSPS) is 17.4. The summed E-state index contributed by atoms with van der Waals surface area (Å²) in [4.78, 5) is 14.1. The van der Waals surface area contributed by atoms with Gasteiger partial charge in [-0.25, -0.2) is 9.18 Å². The molecule has 4 nitrogen and oxygen atoms in total. The Hall–Kier alpha value is -2.11. The first-order chi connectivity index (χ1) is 12.1. The predicted molar refractivity (Wildman–Crippen MR) is 96.3 cm³/mol. The van der Waals surface area contributed by atoms with E-state index in [1.165, 1.54) is 12.1 Å². The van der Waals surface area contributed by atoms with E-state index in [1.54, 1.807) is 35.2 Å². The molecule has 0 spiro atoms. The van der Waals surface area contributed by atoms with Crippen molar-refractivity contribution >= 4 is 23.3 Å². The van der Waals surface area contributed by atoms with E-state index >= 15 is 0 Å². The van der Waals surface area contributed by atoms with Crippen LogP contribution in [0.4, 0.5) is 14.9 Å². The van der Waals surface area contributed by atoms with Gasteiger partial charge in [0.05, 0.1) is 12.7 Å². The summed E-state index contributed by atoms with van der Waals surface area (Å²) < 4.78 is 19.1. The van der Waals surface area contributed by atoms with Gasteiger partial charge < -0.3 is 15.0 Å². The molecule has 1 aliphatic rings. The first-order valence-electron chi connectivity index (χ1n) is 8.28. The molecule has 1 atom stereocenters. The number of rotatable bonds is 4. The number of amides is 2. The standard InChI is InChI=1S/C19H20ClFN2O2/c20-15-5-2-7-17(11-15)22-19(24)23-9-3-8-18(12-23)25-13-14-4-1-6-16(21)10-14/h1-2,4-7,10-11,18H,3,8-9,12-13H2,(H,22,24). The van der Waals surface area contributed by atoms with Crippen LogP contribution in [0.25, 0.3) is 0 Å². The minimum absolute atomic E-state index is 0.0536. The minimum Gasteiger partial charge on any atom is -0.372 e. The molecule has 2 aromatic carbocycles. The Kier molecular flexibility index (Phi) is 5.89. The number of anilines is 1. The summed E-state index contributed by atoms with van der Waals surface area (Å²) in [7, 11) is 0. The third-order valence-electron chi connectivity index (χ3n) is 4.12. The Bertz CT molecular complexity index is 741. The quantitative estimate of drug-likeness (QED) is 0.857. The highest BCUT2D eigenvalue weighted by Crippen LogP contribution is 2.19. The lowest BCUT2D eigenvalue weighted by Crippen LogP contribution is -2.45. The maximum atomic E-state index is 13.2. The van der Waals surface area contributed by atoms with E-state index in [0.717, 1.165) is 18.4 Å². The summed E-state index contributed by atoms with van der Waals surface area (Å²) in [6.45, 7) is 1.54. The summed E-state index contributed by atoms with van der Waals surface area (Å²) in [6.07, 6.45) is 1.70. The van der Waals surface area contributed by atoms with Crippen molar-refractivity contribution in [2.24, 2.45) is 0 Å². The van der Waals surface area contributed by atoms with Crippen molar-refractivity contribution in [1.29, 1.82) is 0 Å². The summed E-state index contributed by atoms with van der Waals surface area (Å²) in [5.41, 5.74) is 1.46. The Morgan fingerprint density at radius 3 is 2.92 bits per heavy atom. The highest BCUT2D eigenvalue weighted by atomic mass is 35.5. The number of piperidine rings is 1. The number of carbonyl (C=O) groups is 1. The van der Waals surface area contributed by atoms with E-state index in [4.69, 9.17) is 16.3 Å². The van der Waals surface area contributed by atoms with E-state index in [2.05, 4.69) is 5.32 Å². The molecule has 1 saturated heterocycles. The lowest BCUT2D eigenvalue weighted by Gasteiger charge is -2.32. The van der Waals surface area contributed by atoms with Gasteiger partial charge in [0.15, 0.2) is 0 Å². The van der Waals surface area contributed by atoms with Crippen LogP contribution >= 0.6 is 11.6 Å². The fraction of sp³-hybridized carbons (Fsp3) is 0.316. The van der Waals surface area contributed by atoms with Crippen molar-refractivity contribution < 1.29 is 13.9 Å². The molecule has 1 heterocycles. The predicted octanol–water partition coefficient (Wildman–Crippen LogP) is 4.69. The molecule has 0 saturated carbocycles. The number of carbonyl (C=O) groups excluding carboxylic acids is 1. The van der Waals surface area contributed by atoms with Gasteiger partial charge in [0, 0.05) is 23.8 Å². The van der Waals surface area contributed by atoms with Crippen LogP contribution in [0, 0.1) is 5.82 Å². The van der Waals surface area contributed by atoms with Gasteiger partial charge in [0.2, 0.25) is 0 Å². The lowest BCUT2D eigenvalue weighted by atomic mass is 10.1. The smallest absolute Gasteiger partial charge is 0.321 e. The zero-order valence-electron chi connectivity index (χ0n) is 13.8. The van der Waals surface area contributed by atoms with E-state index in [9.17, 15) is 9.18 Å². The second kappa shape index (κ2) is 8.32. The van der Waals surface area contributed by atoms with Crippen LogP contribution in [0.1, 0.15) is 18.4 Å². The number of hydrogen-bond acceptors (Lipinski definition) is 2. The van der Waals surface area contributed by atoms with Crippen molar-refractivity contribution in [2.45, 2.75) is 25.6 Å². The number of nitrogens with zero attached hydrogens (tertiary/aromatic N) is 1. The molecule has 1 unspecified atom stereocenters. The molecule has 6 heteroatoms. The van der Waals surface area contributed by atoms with Crippen molar-refractivity contribution in [3.8, 4) is 0 Å². The van der Waals surface area contributed by atoms with E-state index in [-0.39, 0.29) is 18.0 Å². The summed E-state index contributed by atoms with van der Waals surface area (Å²) in [5, 5.41) is 3.43. The van der Waals surface area contributed by atoms with Crippen LogP contribution in [0.15, 0.2) is 48.5 Å². The maximum Gasteiger partial charge on any atom is 0.321 e. The fourth-order valence-electron chi connectivity index (χ4n) is 2.87. The van der Waals surface area contributed by atoms with Crippen LogP contribution in [0.3, 0.4) is 0 Å². The number of urea groups is 1. The Labute approximate surface area is 151 Å². The lowest BCUT2D eigenvalue weighted by molar-refractivity contribution is 0.000934. The van der Waals surface area contributed by atoms with Crippen molar-refractivity contribution in [1.82, 2.24) is 4.90 Å². The Balaban J connectivity index is 1.52. The second-order valence-corrected chi connectivity index (χ2v) is 6.53. The molecule has 25 heavy (non-hydrogen) atoms. The van der Waals surface area contributed by atoms with Gasteiger partial charge in [-0.3, -0.25) is 0 Å². The van der Waals surface area contributed by atoms with Crippen LogP contribution in [0.2, 0.25) is 5.02 Å². The van der Waals surface area contributed by atoms with Crippen LogP contribution in [-0.2, 0) is 11.3 Å². The van der Waals surface area contributed by atoms with Gasteiger partial charge in [-0.1, -0.05) is 29.8 Å². The molecular formula is C19H20ClFN2O2. The topological polar surface area (TPSA) is 41.6 Å². The van der Waals surface area contributed by atoms with E-state index in [1.807, 2.05) is 6.07 Å². The fourth-order valence-corrected chi connectivity index (χ4v) is 3.06. The van der Waals surface area contributed by atoms with E-state index < -0.39 is 0 Å². The first-order valence-corrected chi connectivity index (χ1v) is 8.65. The summed E-state index contributed by atoms with van der Waals surface area (Å²) >= 11 is 5.94. The molecule has 3 rings (SSSR count). The van der Waals surface area contributed by atoms with Crippen LogP contribution in [0.5, 0.6) is 0 Å². The largest absolute Gasteiger partial charge is 0.372 e. The van der Waals surface area contributed by atoms with Gasteiger partial charge >= 0.3 is 6.03 Å². The summed E-state index contributed by atoms with van der Waals surface area (Å²) in [6, 6.07) is 13.3. The molecule has 0 aromatic heterocycles. The average Bonchev–Trinajstić information content (AvgIpc) is 2.60. The zero-order valence-corrected chi connectivity index (χ0v) is 14.5. The molecule has 1 fully saturated rings. The van der Waals surface area contributed by atoms with Crippen LogP contribution in [-0.4, -0.2) is 30.1 Å². The molecular weight excluding hydrogens is 343 g/mol. The Morgan fingerprint density at radius 2 is 2.12 bits per heavy atom. The number of benzene rings is 2. The second-order valence-electron chi connectivity index (χ2n) is 6.09. The molecule has 1 N–H and O–H groups in total. The molecule has 1 aliphatic heterocycles. The van der Waals surface area contributed by atoms with Gasteiger partial charge in [0.25, 0.3) is 0 Å². The molecule has 0 bridgehead atoms. The highest BCUT2D eigenvalue weighted by molar-refractivity contribution is 6.30. The van der Waals surface area contributed by atoms with Crippen molar-refractivity contribution in [3.63, 3.8) is 0 Å². The molecule has 132 valence electrons. The van der Waals surface area contributed by atoms with E-state index in [0.29, 0.717) is 30.4 Å². The van der Waals surface area contributed by atoms with Crippen LogP contribution < -0.4 is 5.32 Å². The number of ether oxygens (including phenoxy) is 1. The average molecular weight is 363 g/mol. The SMILES string of the molecule is O=C(Nc1cccc(Cl)c1)N1CCCC(OCc2cccc(F)c2)C1. The van der Waals surface area contributed by atoms with Gasteiger partial charge in [-0.05, 0) is 48.7 Å². The molecule has 2 aromatic rings. The van der Waals surface area contributed by atoms with Crippen molar-refractivity contribution in [2.75, 3.05) is 18.4 Å². The third-order valence-corrected chi connectivity index (χ3v) is 4.35.